The average Bonchev–Trinajstić information content (AvgIpc) is 3.27. The number of rotatable bonds is 6. The first kappa shape index (κ1) is 19.5. The molecule has 8 nitrogen and oxygen atoms in total. The Kier molecular flexibility index (Phi) is 5.65. The molecule has 3 aromatic rings. The van der Waals surface area contributed by atoms with Crippen LogP contribution in [0.3, 0.4) is 0 Å². The Morgan fingerprint density at radius 3 is 2.50 bits per heavy atom. The van der Waals surface area contributed by atoms with E-state index in [1.165, 1.54) is 5.01 Å². The SMILES string of the molecule is CN(Cc1ccccc1)C(=O)CN1N=C(c2nc(-c3ccccc3)no2)CCC1=O. The topological polar surface area (TPSA) is 91.9 Å². The van der Waals surface area contributed by atoms with Crippen molar-refractivity contribution in [3.05, 3.63) is 72.1 Å². The van der Waals surface area contributed by atoms with Crippen molar-refractivity contribution in [1.82, 2.24) is 20.0 Å². The Morgan fingerprint density at radius 1 is 1.07 bits per heavy atom. The van der Waals surface area contributed by atoms with E-state index in [0.29, 0.717) is 24.5 Å². The van der Waals surface area contributed by atoms with E-state index in [-0.39, 0.29) is 30.7 Å². The summed E-state index contributed by atoms with van der Waals surface area (Å²) < 4.78 is 5.35. The molecule has 152 valence electrons. The van der Waals surface area contributed by atoms with Crippen molar-refractivity contribution in [3.63, 3.8) is 0 Å². The molecule has 0 radical (unpaired) electrons. The molecule has 0 spiro atoms. The van der Waals surface area contributed by atoms with Gasteiger partial charge in [-0.1, -0.05) is 65.8 Å². The quantitative estimate of drug-likeness (QED) is 0.631. The zero-order valence-corrected chi connectivity index (χ0v) is 16.6. The summed E-state index contributed by atoms with van der Waals surface area (Å²) in [5.74, 6) is 0.308. The van der Waals surface area contributed by atoms with Crippen molar-refractivity contribution in [2.45, 2.75) is 19.4 Å². The molecule has 0 atom stereocenters. The lowest BCUT2D eigenvalue weighted by molar-refractivity contribution is -0.140. The van der Waals surface area contributed by atoms with Crippen LogP contribution in [-0.2, 0) is 16.1 Å². The van der Waals surface area contributed by atoms with E-state index in [2.05, 4.69) is 15.2 Å². The van der Waals surface area contributed by atoms with Gasteiger partial charge in [0.25, 0.3) is 5.89 Å². The predicted molar refractivity (Wildman–Crippen MR) is 110 cm³/mol. The van der Waals surface area contributed by atoms with Crippen LogP contribution in [0.2, 0.25) is 0 Å². The number of benzene rings is 2. The number of hydrogen-bond donors (Lipinski definition) is 0. The van der Waals surface area contributed by atoms with Crippen LogP contribution >= 0.6 is 0 Å². The minimum absolute atomic E-state index is 0.134. The van der Waals surface area contributed by atoms with Crippen LogP contribution in [0.4, 0.5) is 0 Å². The average molecular weight is 403 g/mol. The van der Waals surface area contributed by atoms with Crippen molar-refractivity contribution < 1.29 is 14.1 Å². The largest absolute Gasteiger partial charge is 0.340 e. The molecule has 1 aliphatic heterocycles. The molecule has 1 aliphatic rings. The van der Waals surface area contributed by atoms with Gasteiger partial charge in [0.05, 0.1) is 0 Å². The number of nitrogens with zero attached hydrogens (tertiary/aromatic N) is 5. The maximum Gasteiger partial charge on any atom is 0.274 e. The lowest BCUT2D eigenvalue weighted by Gasteiger charge is -2.24. The molecule has 1 aromatic heterocycles. The highest BCUT2D eigenvalue weighted by atomic mass is 16.5. The third-order valence-electron chi connectivity index (χ3n) is 4.78. The molecule has 0 saturated heterocycles. The molecule has 0 unspecified atom stereocenters. The lowest BCUT2D eigenvalue weighted by atomic mass is 10.1. The Hall–Kier alpha value is -3.81. The maximum atomic E-state index is 12.6. The summed E-state index contributed by atoms with van der Waals surface area (Å²) >= 11 is 0. The zero-order chi connectivity index (χ0) is 20.9. The molecule has 4 rings (SSSR count). The number of likely N-dealkylation sites (N-methyl/N-ethyl adjacent to an activating group) is 1. The monoisotopic (exact) mass is 403 g/mol. The predicted octanol–water partition coefficient (Wildman–Crippen LogP) is 2.72. The number of carbonyl (C=O) groups excluding carboxylic acids is 2. The Morgan fingerprint density at radius 2 is 1.77 bits per heavy atom. The summed E-state index contributed by atoms with van der Waals surface area (Å²) in [4.78, 5) is 30.9. The van der Waals surface area contributed by atoms with Gasteiger partial charge in [-0.2, -0.15) is 10.1 Å². The summed E-state index contributed by atoms with van der Waals surface area (Å²) in [5.41, 5.74) is 2.35. The summed E-state index contributed by atoms with van der Waals surface area (Å²) in [5, 5.41) is 9.51. The number of aromatic nitrogens is 2. The highest BCUT2D eigenvalue weighted by molar-refractivity contribution is 6.01. The van der Waals surface area contributed by atoms with Crippen molar-refractivity contribution in [2.75, 3.05) is 13.6 Å². The second-order valence-corrected chi connectivity index (χ2v) is 7.02. The van der Waals surface area contributed by atoms with Gasteiger partial charge in [0.1, 0.15) is 12.3 Å². The van der Waals surface area contributed by atoms with Crippen molar-refractivity contribution in [2.24, 2.45) is 5.10 Å². The van der Waals surface area contributed by atoms with Gasteiger partial charge < -0.3 is 9.42 Å². The van der Waals surface area contributed by atoms with Crippen LogP contribution in [-0.4, -0.2) is 51.2 Å². The summed E-state index contributed by atoms with van der Waals surface area (Å²) in [6, 6.07) is 19.1. The fourth-order valence-electron chi connectivity index (χ4n) is 3.12. The van der Waals surface area contributed by atoms with Crippen LogP contribution in [0.5, 0.6) is 0 Å². The summed E-state index contributed by atoms with van der Waals surface area (Å²) in [6.45, 7) is 0.327. The Balaban J connectivity index is 1.46. The zero-order valence-electron chi connectivity index (χ0n) is 16.6. The molecular formula is C22H21N5O3. The molecule has 2 amide bonds. The molecule has 0 bridgehead atoms. The van der Waals surface area contributed by atoms with Gasteiger partial charge in [0, 0.05) is 32.0 Å². The number of carbonyl (C=O) groups is 2. The fourth-order valence-corrected chi connectivity index (χ4v) is 3.12. The third kappa shape index (κ3) is 4.43. The third-order valence-corrected chi connectivity index (χ3v) is 4.78. The molecule has 2 aromatic carbocycles. The van der Waals surface area contributed by atoms with Crippen LogP contribution in [0.25, 0.3) is 11.4 Å². The van der Waals surface area contributed by atoms with Gasteiger partial charge in [-0.15, -0.1) is 0 Å². The van der Waals surface area contributed by atoms with Gasteiger partial charge in [-0.3, -0.25) is 9.59 Å². The van der Waals surface area contributed by atoms with E-state index in [4.69, 9.17) is 4.52 Å². The molecule has 30 heavy (non-hydrogen) atoms. The first-order chi connectivity index (χ1) is 14.6. The summed E-state index contributed by atoms with van der Waals surface area (Å²) in [7, 11) is 1.71. The molecular weight excluding hydrogens is 382 g/mol. The molecule has 2 heterocycles. The summed E-state index contributed by atoms with van der Waals surface area (Å²) in [6.07, 6.45) is 0.622. The molecule has 0 aliphatic carbocycles. The van der Waals surface area contributed by atoms with Gasteiger partial charge in [-0.05, 0) is 5.56 Å². The minimum atomic E-state index is -0.206. The van der Waals surface area contributed by atoms with Crippen LogP contribution in [0.15, 0.2) is 70.3 Å². The normalized spacial score (nSPS) is 13.8. The van der Waals surface area contributed by atoms with Crippen LogP contribution < -0.4 is 0 Å². The number of hydrogen-bond acceptors (Lipinski definition) is 6. The molecule has 8 heteroatoms. The van der Waals surface area contributed by atoms with Gasteiger partial charge in [-0.25, -0.2) is 5.01 Å². The fraction of sp³-hybridized carbons (Fsp3) is 0.227. The number of hydrazone groups is 1. The Labute approximate surface area is 173 Å². The molecule has 0 saturated carbocycles. The van der Waals surface area contributed by atoms with E-state index < -0.39 is 0 Å². The van der Waals surface area contributed by atoms with Gasteiger partial charge in [0.15, 0.2) is 0 Å². The van der Waals surface area contributed by atoms with E-state index >= 15 is 0 Å². The van der Waals surface area contributed by atoms with Crippen LogP contribution in [0, 0.1) is 0 Å². The smallest absolute Gasteiger partial charge is 0.274 e. The molecule has 0 N–H and O–H groups in total. The number of amides is 2. The molecule has 0 fully saturated rings. The second-order valence-electron chi connectivity index (χ2n) is 7.02. The minimum Gasteiger partial charge on any atom is -0.340 e. The highest BCUT2D eigenvalue weighted by Crippen LogP contribution is 2.19. The van der Waals surface area contributed by atoms with E-state index in [0.717, 1.165) is 11.1 Å². The first-order valence-corrected chi connectivity index (χ1v) is 9.65. The van der Waals surface area contributed by atoms with E-state index in [1.54, 1.807) is 11.9 Å². The van der Waals surface area contributed by atoms with E-state index in [1.807, 2.05) is 60.7 Å². The van der Waals surface area contributed by atoms with Crippen molar-refractivity contribution in [1.29, 1.82) is 0 Å². The lowest BCUT2D eigenvalue weighted by Crippen LogP contribution is -2.41. The first-order valence-electron chi connectivity index (χ1n) is 9.65. The maximum absolute atomic E-state index is 12.6. The van der Waals surface area contributed by atoms with Crippen LogP contribution in [0.1, 0.15) is 24.3 Å². The second kappa shape index (κ2) is 8.69. The van der Waals surface area contributed by atoms with E-state index in [9.17, 15) is 9.59 Å². The Bertz CT molecular complexity index is 1060. The van der Waals surface area contributed by atoms with Gasteiger partial charge >= 0.3 is 0 Å². The highest BCUT2D eigenvalue weighted by Gasteiger charge is 2.27. The van der Waals surface area contributed by atoms with Crippen molar-refractivity contribution >= 4 is 17.5 Å². The van der Waals surface area contributed by atoms with Crippen molar-refractivity contribution in [3.8, 4) is 11.4 Å². The standard InChI is InChI=1S/C22H21N5O3/c1-26(14-16-8-4-2-5-9-16)20(29)15-27-19(28)13-12-18(24-27)22-23-21(25-30-22)17-10-6-3-7-11-17/h2-11H,12-15H2,1H3. The van der Waals surface area contributed by atoms with Gasteiger partial charge in [0.2, 0.25) is 17.6 Å².